The van der Waals surface area contributed by atoms with E-state index in [1.807, 2.05) is 23.1 Å². The summed E-state index contributed by atoms with van der Waals surface area (Å²) in [6, 6.07) is 5.80. The largest absolute Gasteiger partial charge is 0.368 e. The Morgan fingerprint density at radius 1 is 1.56 bits per heavy atom. The van der Waals surface area contributed by atoms with Crippen molar-refractivity contribution in [2.45, 2.75) is 18.9 Å². The highest BCUT2D eigenvalue weighted by molar-refractivity contribution is 9.10. The summed E-state index contributed by atoms with van der Waals surface area (Å²) >= 11 is 5.06. The van der Waals surface area contributed by atoms with E-state index in [1.54, 1.807) is 11.3 Å². The number of thiazole rings is 1. The average Bonchev–Trinajstić information content (AvgIpc) is 2.93. The van der Waals surface area contributed by atoms with E-state index in [0.29, 0.717) is 0 Å². The quantitative estimate of drug-likeness (QED) is 0.922. The maximum atomic E-state index is 11.4. The van der Waals surface area contributed by atoms with E-state index in [4.69, 9.17) is 5.73 Å². The molecule has 1 saturated heterocycles. The van der Waals surface area contributed by atoms with Crippen LogP contribution in [0.2, 0.25) is 0 Å². The highest BCUT2D eigenvalue weighted by Gasteiger charge is 2.31. The molecule has 6 heteroatoms. The normalized spacial score (nSPS) is 19.6. The van der Waals surface area contributed by atoms with E-state index >= 15 is 0 Å². The number of rotatable bonds is 2. The van der Waals surface area contributed by atoms with Crippen molar-refractivity contribution in [2.24, 2.45) is 5.73 Å². The first-order valence-electron chi connectivity index (χ1n) is 5.77. The third kappa shape index (κ3) is 1.99. The van der Waals surface area contributed by atoms with E-state index in [2.05, 4.69) is 20.9 Å². The van der Waals surface area contributed by atoms with E-state index in [9.17, 15) is 4.79 Å². The Labute approximate surface area is 117 Å². The number of carbonyl (C=O) groups excluding carboxylic acids is 1. The van der Waals surface area contributed by atoms with Gasteiger partial charge in [-0.3, -0.25) is 4.79 Å². The Morgan fingerprint density at radius 2 is 2.39 bits per heavy atom. The van der Waals surface area contributed by atoms with E-state index in [-0.39, 0.29) is 11.9 Å². The standard InChI is InChI=1S/C12H12BrN3OS/c13-7-3-4-8-10(6-7)18-12(15-8)16-5-1-2-9(16)11(14)17/h3-4,6,9H,1-2,5H2,(H2,14,17). The van der Waals surface area contributed by atoms with Gasteiger partial charge in [0.05, 0.1) is 10.2 Å². The number of amides is 1. The fourth-order valence-corrected chi connectivity index (χ4v) is 3.89. The zero-order valence-corrected chi connectivity index (χ0v) is 12.0. The minimum Gasteiger partial charge on any atom is -0.368 e. The summed E-state index contributed by atoms with van der Waals surface area (Å²) in [5.41, 5.74) is 6.40. The molecule has 1 unspecified atom stereocenters. The summed E-state index contributed by atoms with van der Waals surface area (Å²) in [6.07, 6.45) is 1.82. The second-order valence-corrected chi connectivity index (χ2v) is 6.29. The molecule has 94 valence electrons. The lowest BCUT2D eigenvalue weighted by molar-refractivity contribution is -0.119. The lowest BCUT2D eigenvalue weighted by Gasteiger charge is -2.20. The van der Waals surface area contributed by atoms with Crippen LogP contribution in [0.3, 0.4) is 0 Å². The molecular formula is C12H12BrN3OS. The van der Waals surface area contributed by atoms with Crippen molar-refractivity contribution in [2.75, 3.05) is 11.4 Å². The van der Waals surface area contributed by atoms with E-state index in [0.717, 1.165) is 39.2 Å². The van der Waals surface area contributed by atoms with Crippen molar-refractivity contribution >= 4 is 48.5 Å². The van der Waals surface area contributed by atoms with Crippen molar-refractivity contribution in [1.29, 1.82) is 0 Å². The van der Waals surface area contributed by atoms with E-state index < -0.39 is 0 Å². The fraction of sp³-hybridized carbons (Fsp3) is 0.333. The summed E-state index contributed by atoms with van der Waals surface area (Å²) in [6.45, 7) is 0.856. The molecule has 2 aromatic rings. The third-order valence-electron chi connectivity index (χ3n) is 3.17. The molecule has 1 amide bonds. The molecule has 0 saturated carbocycles. The molecule has 18 heavy (non-hydrogen) atoms. The summed E-state index contributed by atoms with van der Waals surface area (Å²) in [4.78, 5) is 18.0. The molecule has 1 atom stereocenters. The molecule has 1 aromatic heterocycles. The number of aromatic nitrogens is 1. The summed E-state index contributed by atoms with van der Waals surface area (Å²) in [5, 5.41) is 0.893. The van der Waals surface area contributed by atoms with E-state index in [1.165, 1.54) is 0 Å². The second-order valence-electron chi connectivity index (χ2n) is 4.36. The molecule has 2 heterocycles. The van der Waals surface area contributed by atoms with Crippen LogP contribution in [0.1, 0.15) is 12.8 Å². The molecular weight excluding hydrogens is 314 g/mol. The zero-order valence-electron chi connectivity index (χ0n) is 9.60. The number of hydrogen-bond acceptors (Lipinski definition) is 4. The Bertz CT molecular complexity index is 612. The van der Waals surface area contributed by atoms with Gasteiger partial charge in [0.1, 0.15) is 6.04 Å². The van der Waals surface area contributed by atoms with Crippen LogP contribution in [0.4, 0.5) is 5.13 Å². The van der Waals surface area contributed by atoms with Gasteiger partial charge in [-0.05, 0) is 31.0 Å². The number of carbonyl (C=O) groups is 1. The van der Waals surface area contributed by atoms with Gasteiger partial charge in [0.15, 0.2) is 5.13 Å². The van der Waals surface area contributed by atoms with Crippen LogP contribution in [0.15, 0.2) is 22.7 Å². The van der Waals surface area contributed by atoms with Crippen molar-refractivity contribution < 1.29 is 4.79 Å². The topological polar surface area (TPSA) is 59.2 Å². The van der Waals surface area contributed by atoms with Crippen molar-refractivity contribution in [3.63, 3.8) is 0 Å². The van der Waals surface area contributed by atoms with Gasteiger partial charge in [0.2, 0.25) is 5.91 Å². The predicted octanol–water partition coefficient (Wildman–Crippen LogP) is 2.51. The van der Waals surface area contributed by atoms with Gasteiger partial charge < -0.3 is 10.6 Å². The van der Waals surface area contributed by atoms with Crippen LogP contribution in [0.25, 0.3) is 10.2 Å². The van der Waals surface area contributed by atoms with Gasteiger partial charge in [-0.15, -0.1) is 0 Å². The first kappa shape index (κ1) is 11.9. The first-order chi connectivity index (χ1) is 8.65. The number of nitrogens with zero attached hydrogens (tertiary/aromatic N) is 2. The molecule has 4 nitrogen and oxygen atoms in total. The minimum atomic E-state index is -0.257. The van der Waals surface area contributed by atoms with Gasteiger partial charge in [-0.2, -0.15) is 0 Å². The smallest absolute Gasteiger partial charge is 0.240 e. The number of nitrogens with two attached hydrogens (primary N) is 1. The maximum absolute atomic E-state index is 11.4. The molecule has 1 aliphatic rings. The monoisotopic (exact) mass is 325 g/mol. The first-order valence-corrected chi connectivity index (χ1v) is 7.38. The lowest BCUT2D eigenvalue weighted by Crippen LogP contribution is -2.40. The van der Waals surface area contributed by atoms with Crippen LogP contribution < -0.4 is 10.6 Å². The molecule has 1 fully saturated rings. The predicted molar refractivity (Wildman–Crippen MR) is 76.9 cm³/mol. The average molecular weight is 326 g/mol. The summed E-state index contributed by atoms with van der Waals surface area (Å²) < 4.78 is 2.16. The van der Waals surface area contributed by atoms with Crippen LogP contribution in [-0.4, -0.2) is 23.5 Å². The maximum Gasteiger partial charge on any atom is 0.240 e. The van der Waals surface area contributed by atoms with Crippen LogP contribution in [0.5, 0.6) is 0 Å². The molecule has 1 aliphatic heterocycles. The van der Waals surface area contributed by atoms with Gasteiger partial charge in [-0.1, -0.05) is 27.3 Å². The number of anilines is 1. The van der Waals surface area contributed by atoms with Gasteiger partial charge in [0.25, 0.3) is 0 Å². The minimum absolute atomic E-state index is 0.200. The molecule has 0 aliphatic carbocycles. The van der Waals surface area contributed by atoms with Gasteiger partial charge in [0, 0.05) is 11.0 Å². The van der Waals surface area contributed by atoms with Crippen LogP contribution in [0, 0.1) is 0 Å². The molecule has 0 radical (unpaired) electrons. The SMILES string of the molecule is NC(=O)C1CCCN1c1nc2ccc(Br)cc2s1. The highest BCUT2D eigenvalue weighted by atomic mass is 79.9. The van der Waals surface area contributed by atoms with Crippen molar-refractivity contribution in [3.8, 4) is 0 Å². The van der Waals surface area contributed by atoms with Crippen molar-refractivity contribution in [3.05, 3.63) is 22.7 Å². The number of halogens is 1. The Hall–Kier alpha value is -1.14. The Balaban J connectivity index is 2.01. The number of benzene rings is 1. The van der Waals surface area contributed by atoms with Gasteiger partial charge in [-0.25, -0.2) is 4.98 Å². The van der Waals surface area contributed by atoms with Crippen LogP contribution in [-0.2, 0) is 4.79 Å². The Morgan fingerprint density at radius 3 is 3.17 bits per heavy atom. The number of primary amides is 1. The van der Waals surface area contributed by atoms with Crippen LogP contribution >= 0.6 is 27.3 Å². The summed E-state index contributed by atoms with van der Waals surface area (Å²) in [7, 11) is 0. The molecule has 2 N–H and O–H groups in total. The number of hydrogen-bond donors (Lipinski definition) is 1. The third-order valence-corrected chi connectivity index (χ3v) is 4.71. The molecule has 0 spiro atoms. The molecule has 0 bridgehead atoms. The second kappa shape index (κ2) is 4.51. The zero-order chi connectivity index (χ0) is 12.7. The molecule has 3 rings (SSSR count). The Kier molecular flexibility index (Phi) is 2.99. The molecule has 1 aromatic carbocycles. The summed E-state index contributed by atoms with van der Waals surface area (Å²) in [5.74, 6) is -0.257. The highest BCUT2D eigenvalue weighted by Crippen LogP contribution is 2.34. The fourth-order valence-electron chi connectivity index (χ4n) is 2.30. The number of fused-ring (bicyclic) bond motifs is 1. The lowest BCUT2D eigenvalue weighted by atomic mass is 10.2. The van der Waals surface area contributed by atoms with Crippen molar-refractivity contribution in [1.82, 2.24) is 4.98 Å². The van der Waals surface area contributed by atoms with Gasteiger partial charge >= 0.3 is 0 Å².